The van der Waals surface area contributed by atoms with E-state index in [2.05, 4.69) is 59.0 Å². The fraction of sp³-hybridized carbons (Fsp3) is 0.462. The maximum atomic E-state index is 5.56. The van der Waals surface area contributed by atoms with E-state index in [-0.39, 0.29) is 0 Å². The summed E-state index contributed by atoms with van der Waals surface area (Å²) < 4.78 is 6.51. The summed E-state index contributed by atoms with van der Waals surface area (Å²) in [4.78, 5) is 0. The van der Waals surface area contributed by atoms with E-state index in [4.69, 9.17) is 4.74 Å². The number of rotatable bonds is 6. The van der Waals surface area contributed by atoms with Gasteiger partial charge in [0.15, 0.2) is 0 Å². The molecule has 3 rings (SSSR count). The second kappa shape index (κ2) is 10.7. The first kappa shape index (κ1) is 21.0. The van der Waals surface area contributed by atoms with Crippen LogP contribution in [0, 0.1) is 17.8 Å². The van der Waals surface area contributed by atoms with Gasteiger partial charge < -0.3 is 4.74 Å². The fourth-order valence-corrected chi connectivity index (χ4v) is 4.60. The molecule has 0 aliphatic heterocycles. The molecule has 1 nitrogen and oxygen atoms in total. The molecule has 1 aliphatic rings. The largest absolute Gasteiger partial charge is 0.493 e. The highest BCUT2D eigenvalue weighted by molar-refractivity contribution is 9.10. The summed E-state index contributed by atoms with van der Waals surface area (Å²) in [5.74, 6) is 9.12. The van der Waals surface area contributed by atoms with Crippen LogP contribution in [0.4, 0.5) is 0 Å². The van der Waals surface area contributed by atoms with Crippen molar-refractivity contribution in [2.45, 2.75) is 64.7 Å². The topological polar surface area (TPSA) is 9.23 Å². The Morgan fingerprint density at radius 3 is 2.25 bits per heavy atom. The van der Waals surface area contributed by atoms with E-state index in [1.165, 1.54) is 50.5 Å². The highest BCUT2D eigenvalue weighted by Gasteiger charge is 2.21. The maximum Gasteiger partial charge on any atom is 0.133 e. The number of hydrogen-bond acceptors (Lipinski definition) is 1. The molecule has 0 unspecified atom stereocenters. The first-order valence-corrected chi connectivity index (χ1v) is 11.5. The van der Waals surface area contributed by atoms with Gasteiger partial charge in [-0.3, -0.25) is 0 Å². The highest BCUT2D eigenvalue weighted by Crippen LogP contribution is 2.37. The molecule has 1 fully saturated rings. The minimum atomic E-state index is 0.663. The zero-order chi connectivity index (χ0) is 19.8. The average molecular weight is 439 g/mol. The van der Waals surface area contributed by atoms with Crippen LogP contribution in [0.5, 0.6) is 5.75 Å². The lowest BCUT2D eigenvalue weighted by atomic mass is 9.77. The van der Waals surface area contributed by atoms with Gasteiger partial charge in [0.05, 0.1) is 11.1 Å². The lowest BCUT2D eigenvalue weighted by molar-refractivity contribution is 0.304. The van der Waals surface area contributed by atoms with E-state index >= 15 is 0 Å². The first-order valence-electron chi connectivity index (χ1n) is 10.7. The van der Waals surface area contributed by atoms with Crippen molar-refractivity contribution in [3.05, 3.63) is 63.6 Å². The standard InChI is InChI=1S/C26H31BrO/c1-3-5-6-20-9-14-23(15-10-20)24-16-11-21(12-17-24)7-8-22-13-18-26(28-4-2)25(27)19-22/h11-13,16-20,23H,3-6,9-10,14-15H2,1-2H3. The van der Waals surface area contributed by atoms with Gasteiger partial charge in [0.2, 0.25) is 0 Å². The van der Waals surface area contributed by atoms with Gasteiger partial charge in [-0.1, -0.05) is 50.2 Å². The van der Waals surface area contributed by atoms with Crippen LogP contribution in [0.3, 0.4) is 0 Å². The van der Waals surface area contributed by atoms with Crippen LogP contribution in [0.2, 0.25) is 0 Å². The Morgan fingerprint density at radius 2 is 1.61 bits per heavy atom. The Morgan fingerprint density at radius 1 is 0.929 bits per heavy atom. The molecule has 0 saturated heterocycles. The molecule has 2 aromatic rings. The Kier molecular flexibility index (Phi) is 8.04. The molecular formula is C26H31BrO. The third-order valence-electron chi connectivity index (χ3n) is 5.78. The quantitative estimate of drug-likeness (QED) is 0.419. The number of halogens is 1. The molecule has 1 aliphatic carbocycles. The number of ether oxygens (including phenoxy) is 1. The van der Waals surface area contributed by atoms with Gasteiger partial charge in [0, 0.05) is 11.1 Å². The fourth-order valence-electron chi connectivity index (χ4n) is 4.11. The molecule has 148 valence electrons. The van der Waals surface area contributed by atoms with Crippen molar-refractivity contribution in [3.8, 4) is 17.6 Å². The molecule has 28 heavy (non-hydrogen) atoms. The van der Waals surface area contributed by atoms with Gasteiger partial charge in [0.1, 0.15) is 5.75 Å². The van der Waals surface area contributed by atoms with E-state index in [9.17, 15) is 0 Å². The Bertz CT molecular complexity index is 805. The van der Waals surface area contributed by atoms with Crippen LogP contribution in [0.1, 0.15) is 81.4 Å². The SMILES string of the molecule is CCCCC1CCC(c2ccc(C#Cc3ccc(OCC)c(Br)c3)cc2)CC1. The first-order chi connectivity index (χ1) is 13.7. The summed E-state index contributed by atoms with van der Waals surface area (Å²) >= 11 is 3.55. The van der Waals surface area contributed by atoms with Crippen molar-refractivity contribution < 1.29 is 4.74 Å². The molecule has 0 radical (unpaired) electrons. The second-order valence-electron chi connectivity index (χ2n) is 7.81. The summed E-state index contributed by atoms with van der Waals surface area (Å²) in [6, 6.07) is 14.9. The second-order valence-corrected chi connectivity index (χ2v) is 8.66. The molecule has 2 aromatic carbocycles. The number of hydrogen-bond donors (Lipinski definition) is 0. The van der Waals surface area contributed by atoms with E-state index in [0.717, 1.165) is 33.2 Å². The molecule has 2 heteroatoms. The molecule has 1 saturated carbocycles. The van der Waals surface area contributed by atoms with Crippen LogP contribution in [0.25, 0.3) is 0 Å². The van der Waals surface area contributed by atoms with Gasteiger partial charge in [0.25, 0.3) is 0 Å². The molecule has 0 spiro atoms. The van der Waals surface area contributed by atoms with Gasteiger partial charge in [-0.2, -0.15) is 0 Å². The summed E-state index contributed by atoms with van der Waals surface area (Å²) in [6.45, 7) is 4.95. The molecule has 0 N–H and O–H groups in total. The Balaban J connectivity index is 1.58. The van der Waals surface area contributed by atoms with Gasteiger partial charge in [-0.05, 0) is 96.3 Å². The van der Waals surface area contributed by atoms with Crippen molar-refractivity contribution in [2.75, 3.05) is 6.61 Å². The third-order valence-corrected chi connectivity index (χ3v) is 6.40. The summed E-state index contributed by atoms with van der Waals surface area (Å²) in [7, 11) is 0. The molecule has 0 heterocycles. The van der Waals surface area contributed by atoms with E-state index in [1.807, 2.05) is 25.1 Å². The lowest BCUT2D eigenvalue weighted by Crippen LogP contribution is -2.13. The lowest BCUT2D eigenvalue weighted by Gasteiger charge is -2.28. The minimum Gasteiger partial charge on any atom is -0.493 e. The number of unbranched alkanes of at least 4 members (excludes halogenated alkanes) is 1. The Hall–Kier alpha value is -1.72. The predicted octanol–water partition coefficient (Wildman–Crippen LogP) is 7.71. The average Bonchev–Trinajstić information content (AvgIpc) is 2.73. The van der Waals surface area contributed by atoms with Crippen LogP contribution < -0.4 is 4.74 Å². The normalized spacial score (nSPS) is 19.0. The van der Waals surface area contributed by atoms with Gasteiger partial charge in [-0.25, -0.2) is 0 Å². The van der Waals surface area contributed by atoms with Crippen LogP contribution in [0.15, 0.2) is 46.9 Å². The van der Waals surface area contributed by atoms with Crippen molar-refractivity contribution in [2.24, 2.45) is 5.92 Å². The molecule has 0 bridgehead atoms. The zero-order valence-corrected chi connectivity index (χ0v) is 18.7. The molecule has 0 aromatic heterocycles. The van der Waals surface area contributed by atoms with E-state index < -0.39 is 0 Å². The summed E-state index contributed by atoms with van der Waals surface area (Å²) in [5.41, 5.74) is 3.55. The van der Waals surface area contributed by atoms with E-state index in [1.54, 1.807) is 0 Å². The van der Waals surface area contributed by atoms with E-state index in [0.29, 0.717) is 6.61 Å². The smallest absolute Gasteiger partial charge is 0.133 e. The van der Waals surface area contributed by atoms with Crippen molar-refractivity contribution in [3.63, 3.8) is 0 Å². The van der Waals surface area contributed by atoms with Gasteiger partial charge in [-0.15, -0.1) is 0 Å². The summed E-state index contributed by atoms with van der Waals surface area (Å²) in [5, 5.41) is 0. The van der Waals surface area contributed by atoms with Crippen molar-refractivity contribution in [1.82, 2.24) is 0 Å². The predicted molar refractivity (Wildman–Crippen MR) is 122 cm³/mol. The minimum absolute atomic E-state index is 0.663. The number of benzene rings is 2. The molecule has 0 amide bonds. The molecule has 0 atom stereocenters. The monoisotopic (exact) mass is 438 g/mol. The molecular weight excluding hydrogens is 408 g/mol. The van der Waals surface area contributed by atoms with Gasteiger partial charge >= 0.3 is 0 Å². The zero-order valence-electron chi connectivity index (χ0n) is 17.1. The van der Waals surface area contributed by atoms with Crippen molar-refractivity contribution >= 4 is 15.9 Å². The van der Waals surface area contributed by atoms with Crippen LogP contribution >= 0.6 is 15.9 Å². The highest BCUT2D eigenvalue weighted by atomic mass is 79.9. The Labute approximate surface area is 179 Å². The summed E-state index contributed by atoms with van der Waals surface area (Å²) in [6.07, 6.45) is 9.65. The third kappa shape index (κ3) is 5.89. The maximum absolute atomic E-state index is 5.56. The van der Waals surface area contributed by atoms with Crippen LogP contribution in [-0.2, 0) is 0 Å². The van der Waals surface area contributed by atoms with Crippen LogP contribution in [-0.4, -0.2) is 6.61 Å². The van der Waals surface area contributed by atoms with Crippen molar-refractivity contribution in [1.29, 1.82) is 0 Å².